The number of ether oxygens (including phenoxy) is 1. The standard InChI is InChI=1S/C18H27NO3/c1-12-7-6-8-13(2)16(12)14-9-10-19(11-15(14)20)17(21)22-18(3,4)5/h6-8,14-15,20H,9-11H2,1-5H3/t14-,15-/m0/s1. The van der Waals surface area contributed by atoms with Gasteiger partial charge in [0.25, 0.3) is 0 Å². The van der Waals surface area contributed by atoms with Crippen LogP contribution in [0.2, 0.25) is 0 Å². The number of piperidine rings is 1. The van der Waals surface area contributed by atoms with Gasteiger partial charge < -0.3 is 14.7 Å². The van der Waals surface area contributed by atoms with Crippen LogP contribution in [0, 0.1) is 13.8 Å². The van der Waals surface area contributed by atoms with Gasteiger partial charge in [-0.25, -0.2) is 4.79 Å². The van der Waals surface area contributed by atoms with Gasteiger partial charge in [0.2, 0.25) is 0 Å². The molecule has 1 fully saturated rings. The van der Waals surface area contributed by atoms with Crippen molar-refractivity contribution in [1.29, 1.82) is 0 Å². The highest BCUT2D eigenvalue weighted by Crippen LogP contribution is 2.33. The highest BCUT2D eigenvalue weighted by molar-refractivity contribution is 5.68. The van der Waals surface area contributed by atoms with Crippen molar-refractivity contribution in [3.8, 4) is 0 Å². The van der Waals surface area contributed by atoms with Crippen LogP contribution in [0.1, 0.15) is 49.8 Å². The Labute approximate surface area is 133 Å². The Morgan fingerprint density at radius 3 is 2.36 bits per heavy atom. The first-order valence-corrected chi connectivity index (χ1v) is 7.91. The van der Waals surface area contributed by atoms with E-state index in [1.165, 1.54) is 16.7 Å². The lowest BCUT2D eigenvalue weighted by Crippen LogP contribution is -2.47. The molecule has 4 heteroatoms. The lowest BCUT2D eigenvalue weighted by Gasteiger charge is -2.37. The Kier molecular flexibility index (Phi) is 4.81. The van der Waals surface area contributed by atoms with Crippen LogP contribution in [-0.2, 0) is 4.74 Å². The number of rotatable bonds is 1. The number of amides is 1. The molecule has 0 saturated carbocycles. The predicted molar refractivity (Wildman–Crippen MR) is 87.1 cm³/mol. The van der Waals surface area contributed by atoms with Crippen molar-refractivity contribution in [1.82, 2.24) is 4.90 Å². The summed E-state index contributed by atoms with van der Waals surface area (Å²) < 4.78 is 5.39. The highest BCUT2D eigenvalue weighted by atomic mass is 16.6. The second kappa shape index (κ2) is 6.29. The zero-order valence-corrected chi connectivity index (χ0v) is 14.2. The largest absolute Gasteiger partial charge is 0.444 e. The van der Waals surface area contributed by atoms with Gasteiger partial charge in [0.1, 0.15) is 5.60 Å². The number of likely N-dealkylation sites (tertiary alicyclic amines) is 1. The lowest BCUT2D eigenvalue weighted by atomic mass is 9.82. The van der Waals surface area contributed by atoms with E-state index in [0.717, 1.165) is 6.42 Å². The van der Waals surface area contributed by atoms with Crippen molar-refractivity contribution in [2.24, 2.45) is 0 Å². The first-order valence-electron chi connectivity index (χ1n) is 7.91. The molecule has 1 N–H and O–H groups in total. The fourth-order valence-electron chi connectivity index (χ4n) is 3.17. The third-order valence-electron chi connectivity index (χ3n) is 4.15. The van der Waals surface area contributed by atoms with E-state index >= 15 is 0 Å². The Bertz CT molecular complexity index is 528. The minimum Gasteiger partial charge on any atom is -0.444 e. The van der Waals surface area contributed by atoms with E-state index in [0.29, 0.717) is 13.1 Å². The van der Waals surface area contributed by atoms with Crippen LogP contribution in [0.5, 0.6) is 0 Å². The van der Waals surface area contributed by atoms with Gasteiger partial charge in [0, 0.05) is 12.5 Å². The van der Waals surface area contributed by atoms with Crippen LogP contribution in [0.3, 0.4) is 0 Å². The molecule has 4 nitrogen and oxygen atoms in total. The van der Waals surface area contributed by atoms with Crippen molar-refractivity contribution >= 4 is 6.09 Å². The molecular formula is C18H27NO3. The number of carbonyl (C=O) groups is 1. The molecule has 2 atom stereocenters. The van der Waals surface area contributed by atoms with Crippen LogP contribution in [0.25, 0.3) is 0 Å². The fraction of sp³-hybridized carbons (Fsp3) is 0.611. The normalized spacial score (nSPS) is 22.5. The van der Waals surface area contributed by atoms with Crippen LogP contribution >= 0.6 is 0 Å². The summed E-state index contributed by atoms with van der Waals surface area (Å²) in [5.41, 5.74) is 3.12. The van der Waals surface area contributed by atoms with Gasteiger partial charge in [-0.3, -0.25) is 0 Å². The molecule has 0 spiro atoms. The molecule has 0 unspecified atom stereocenters. The summed E-state index contributed by atoms with van der Waals surface area (Å²) in [4.78, 5) is 13.7. The van der Waals surface area contributed by atoms with E-state index < -0.39 is 11.7 Å². The summed E-state index contributed by atoms with van der Waals surface area (Å²) in [6, 6.07) is 6.20. The molecule has 1 aliphatic heterocycles. The lowest BCUT2D eigenvalue weighted by molar-refractivity contribution is -0.00161. The monoisotopic (exact) mass is 305 g/mol. The molecule has 122 valence electrons. The zero-order valence-electron chi connectivity index (χ0n) is 14.2. The van der Waals surface area contributed by atoms with Crippen molar-refractivity contribution in [3.63, 3.8) is 0 Å². The predicted octanol–water partition coefficient (Wildman–Crippen LogP) is 3.39. The molecule has 2 rings (SSSR count). The number of aryl methyl sites for hydroxylation is 2. The van der Waals surface area contributed by atoms with E-state index in [1.54, 1.807) is 4.90 Å². The average molecular weight is 305 g/mol. The third kappa shape index (κ3) is 3.80. The quantitative estimate of drug-likeness (QED) is 0.865. The number of carbonyl (C=O) groups excluding carboxylic acids is 1. The Hall–Kier alpha value is -1.55. The third-order valence-corrected chi connectivity index (χ3v) is 4.15. The summed E-state index contributed by atoms with van der Waals surface area (Å²) in [5, 5.41) is 10.5. The molecule has 1 aromatic rings. The fourth-order valence-corrected chi connectivity index (χ4v) is 3.17. The van der Waals surface area contributed by atoms with Gasteiger partial charge in [-0.2, -0.15) is 0 Å². The van der Waals surface area contributed by atoms with Gasteiger partial charge in [-0.05, 0) is 57.7 Å². The number of hydrogen-bond acceptors (Lipinski definition) is 3. The topological polar surface area (TPSA) is 49.8 Å². The van der Waals surface area contributed by atoms with Gasteiger partial charge in [-0.1, -0.05) is 18.2 Å². The first kappa shape index (κ1) is 16.8. The van der Waals surface area contributed by atoms with E-state index in [1.807, 2.05) is 26.8 Å². The van der Waals surface area contributed by atoms with Crippen molar-refractivity contribution in [2.75, 3.05) is 13.1 Å². The minimum absolute atomic E-state index is 0.0832. The summed E-state index contributed by atoms with van der Waals surface area (Å²) in [5.74, 6) is 0.0832. The highest BCUT2D eigenvalue weighted by Gasteiger charge is 2.34. The molecule has 0 bridgehead atoms. The average Bonchev–Trinajstić information content (AvgIpc) is 2.38. The molecule has 0 radical (unpaired) electrons. The van der Waals surface area contributed by atoms with Crippen molar-refractivity contribution in [3.05, 3.63) is 34.9 Å². The number of hydrogen-bond donors (Lipinski definition) is 1. The molecule has 22 heavy (non-hydrogen) atoms. The van der Waals surface area contributed by atoms with Gasteiger partial charge in [0.15, 0.2) is 0 Å². The van der Waals surface area contributed by atoms with E-state index in [9.17, 15) is 9.90 Å². The summed E-state index contributed by atoms with van der Waals surface area (Å²) in [6.07, 6.45) is -0.140. The van der Waals surface area contributed by atoms with Crippen molar-refractivity contribution in [2.45, 2.75) is 58.7 Å². The second-order valence-electron chi connectivity index (χ2n) is 7.19. The van der Waals surface area contributed by atoms with Gasteiger partial charge in [-0.15, -0.1) is 0 Å². The SMILES string of the molecule is Cc1cccc(C)c1[C@H]1CCN(C(=O)OC(C)(C)C)C[C@@H]1O. The van der Waals surface area contributed by atoms with Crippen LogP contribution in [-0.4, -0.2) is 40.9 Å². The molecule has 0 aliphatic carbocycles. The van der Waals surface area contributed by atoms with Gasteiger partial charge >= 0.3 is 6.09 Å². The molecule has 1 aliphatic rings. The van der Waals surface area contributed by atoms with E-state index in [2.05, 4.69) is 26.0 Å². The minimum atomic E-state index is -0.555. The summed E-state index contributed by atoms with van der Waals surface area (Å²) in [6.45, 7) is 10.7. The summed E-state index contributed by atoms with van der Waals surface area (Å²) in [7, 11) is 0. The molecular weight excluding hydrogens is 278 g/mol. The van der Waals surface area contributed by atoms with Crippen molar-refractivity contribution < 1.29 is 14.6 Å². The molecule has 0 aromatic heterocycles. The number of aliphatic hydroxyl groups is 1. The number of aliphatic hydroxyl groups excluding tert-OH is 1. The van der Waals surface area contributed by atoms with Crippen LogP contribution < -0.4 is 0 Å². The second-order valence-corrected chi connectivity index (χ2v) is 7.19. The molecule has 1 aromatic carbocycles. The molecule has 1 amide bonds. The van der Waals surface area contributed by atoms with E-state index in [-0.39, 0.29) is 12.0 Å². The maximum Gasteiger partial charge on any atom is 0.410 e. The zero-order chi connectivity index (χ0) is 16.5. The smallest absolute Gasteiger partial charge is 0.410 e. The van der Waals surface area contributed by atoms with Crippen LogP contribution in [0.15, 0.2) is 18.2 Å². The Balaban J connectivity index is 2.09. The molecule has 1 heterocycles. The Morgan fingerprint density at radius 2 is 1.86 bits per heavy atom. The molecule has 1 saturated heterocycles. The first-order chi connectivity index (χ1) is 10.2. The maximum absolute atomic E-state index is 12.1. The maximum atomic E-state index is 12.1. The number of benzene rings is 1. The number of nitrogens with zero attached hydrogens (tertiary/aromatic N) is 1. The Morgan fingerprint density at radius 1 is 1.27 bits per heavy atom. The number of β-amino-alcohol motifs (C(OH)–C–C–N with tert-alkyl or cyclic N) is 1. The van der Waals surface area contributed by atoms with E-state index in [4.69, 9.17) is 4.74 Å². The van der Waals surface area contributed by atoms with Crippen LogP contribution in [0.4, 0.5) is 4.79 Å². The van der Waals surface area contributed by atoms with Gasteiger partial charge in [0.05, 0.1) is 12.6 Å². The summed E-state index contributed by atoms with van der Waals surface area (Å²) >= 11 is 0.